The number of piperidine rings is 1. The Labute approximate surface area is 106 Å². The van der Waals surface area contributed by atoms with Gasteiger partial charge in [0.1, 0.15) is 0 Å². The van der Waals surface area contributed by atoms with Crippen LogP contribution in [0.1, 0.15) is 46.0 Å². The van der Waals surface area contributed by atoms with E-state index in [0.29, 0.717) is 6.04 Å². The van der Waals surface area contributed by atoms with Gasteiger partial charge in [-0.05, 0) is 69.2 Å². The highest BCUT2D eigenvalue weighted by atomic mass is 15.2. The highest BCUT2D eigenvalue weighted by Gasteiger charge is 2.46. The lowest BCUT2D eigenvalue weighted by Crippen LogP contribution is -2.48. The van der Waals surface area contributed by atoms with E-state index in [1.54, 1.807) is 0 Å². The van der Waals surface area contributed by atoms with Gasteiger partial charge in [-0.25, -0.2) is 0 Å². The maximum absolute atomic E-state index is 6.43. The van der Waals surface area contributed by atoms with E-state index in [1.807, 2.05) is 0 Å². The van der Waals surface area contributed by atoms with Gasteiger partial charge in [-0.2, -0.15) is 0 Å². The van der Waals surface area contributed by atoms with Gasteiger partial charge in [0.15, 0.2) is 0 Å². The Morgan fingerprint density at radius 1 is 1.06 bits per heavy atom. The summed E-state index contributed by atoms with van der Waals surface area (Å²) in [6, 6.07) is 1.30. The number of nitrogens with zero attached hydrogens (tertiary/aromatic N) is 1. The highest BCUT2D eigenvalue weighted by Crippen LogP contribution is 2.48. The van der Waals surface area contributed by atoms with Crippen LogP contribution in [0.4, 0.5) is 0 Å². The first-order chi connectivity index (χ1) is 8.15. The predicted octanol–water partition coefficient (Wildman–Crippen LogP) is 2.48. The highest BCUT2D eigenvalue weighted by molar-refractivity contribution is 5.00. The fraction of sp³-hybridized carbons (Fsp3) is 1.00. The van der Waals surface area contributed by atoms with Crippen molar-refractivity contribution in [2.24, 2.45) is 29.4 Å². The van der Waals surface area contributed by atoms with E-state index < -0.39 is 0 Å². The van der Waals surface area contributed by atoms with Gasteiger partial charge < -0.3 is 10.6 Å². The van der Waals surface area contributed by atoms with Crippen LogP contribution in [-0.4, -0.2) is 30.1 Å². The second-order valence-corrected chi connectivity index (χ2v) is 7.05. The van der Waals surface area contributed by atoms with Gasteiger partial charge in [-0.1, -0.05) is 6.92 Å². The summed E-state index contributed by atoms with van der Waals surface area (Å²) in [4.78, 5) is 2.73. The smallest absolute Gasteiger partial charge is 0.0111 e. The Bertz CT molecular complexity index is 276. The van der Waals surface area contributed by atoms with Crippen LogP contribution in [0.3, 0.4) is 0 Å². The van der Waals surface area contributed by atoms with Crippen molar-refractivity contribution in [2.45, 2.75) is 58.0 Å². The normalized spacial score (nSPS) is 51.0. The first-order valence-electron chi connectivity index (χ1n) is 7.64. The van der Waals surface area contributed by atoms with Gasteiger partial charge >= 0.3 is 0 Å². The maximum atomic E-state index is 6.43. The van der Waals surface area contributed by atoms with Gasteiger partial charge in [-0.3, -0.25) is 0 Å². The summed E-state index contributed by atoms with van der Waals surface area (Å²) in [6.45, 7) is 7.41. The average molecular weight is 236 g/mol. The maximum Gasteiger partial charge on any atom is 0.0111 e. The lowest BCUT2D eigenvalue weighted by molar-refractivity contribution is 0.0892. The van der Waals surface area contributed by atoms with Crippen molar-refractivity contribution in [3.8, 4) is 0 Å². The van der Waals surface area contributed by atoms with Crippen LogP contribution in [0.5, 0.6) is 0 Å². The van der Waals surface area contributed by atoms with E-state index in [2.05, 4.69) is 18.7 Å². The third-order valence-corrected chi connectivity index (χ3v) is 5.88. The SMILES string of the molecule is CC1CCN(CC2C3CCC(C3)C2N)C(C)C1. The van der Waals surface area contributed by atoms with Gasteiger partial charge in [0, 0.05) is 18.6 Å². The third kappa shape index (κ3) is 2.15. The van der Waals surface area contributed by atoms with Gasteiger partial charge in [-0.15, -0.1) is 0 Å². The Balaban J connectivity index is 1.60. The van der Waals surface area contributed by atoms with E-state index in [0.717, 1.165) is 29.7 Å². The van der Waals surface area contributed by atoms with Gasteiger partial charge in [0.2, 0.25) is 0 Å². The molecule has 0 aromatic carbocycles. The molecule has 0 spiro atoms. The molecule has 1 aliphatic heterocycles. The van der Waals surface area contributed by atoms with E-state index in [4.69, 9.17) is 5.73 Å². The summed E-state index contributed by atoms with van der Waals surface area (Å²) in [5, 5.41) is 0. The van der Waals surface area contributed by atoms with Crippen LogP contribution in [0.2, 0.25) is 0 Å². The number of likely N-dealkylation sites (tertiary alicyclic amines) is 1. The minimum atomic E-state index is 0.514. The zero-order valence-corrected chi connectivity index (χ0v) is 11.4. The zero-order valence-electron chi connectivity index (χ0n) is 11.4. The largest absolute Gasteiger partial charge is 0.327 e. The van der Waals surface area contributed by atoms with E-state index in [-0.39, 0.29) is 0 Å². The van der Waals surface area contributed by atoms with Crippen LogP contribution >= 0.6 is 0 Å². The molecule has 17 heavy (non-hydrogen) atoms. The summed E-state index contributed by atoms with van der Waals surface area (Å²) in [6.07, 6.45) is 7.08. The second kappa shape index (κ2) is 4.55. The van der Waals surface area contributed by atoms with Crippen molar-refractivity contribution in [1.82, 2.24) is 4.90 Å². The topological polar surface area (TPSA) is 29.3 Å². The molecule has 3 aliphatic rings. The van der Waals surface area contributed by atoms with Gasteiger partial charge in [0.25, 0.3) is 0 Å². The fourth-order valence-electron chi connectivity index (χ4n) is 4.72. The summed E-state index contributed by atoms with van der Waals surface area (Å²) in [5.74, 6) is 3.56. The predicted molar refractivity (Wildman–Crippen MR) is 71.7 cm³/mol. The number of hydrogen-bond acceptors (Lipinski definition) is 2. The molecular formula is C15H28N2. The Kier molecular flexibility index (Phi) is 3.20. The first kappa shape index (κ1) is 12.0. The second-order valence-electron chi connectivity index (χ2n) is 7.05. The van der Waals surface area contributed by atoms with Crippen molar-refractivity contribution in [3.05, 3.63) is 0 Å². The monoisotopic (exact) mass is 236 g/mol. The van der Waals surface area contributed by atoms with Crippen molar-refractivity contribution < 1.29 is 0 Å². The lowest BCUT2D eigenvalue weighted by Gasteiger charge is -2.40. The molecule has 0 radical (unpaired) electrons. The molecule has 0 amide bonds. The van der Waals surface area contributed by atoms with Crippen LogP contribution in [0.25, 0.3) is 0 Å². The van der Waals surface area contributed by atoms with Crippen molar-refractivity contribution in [2.75, 3.05) is 13.1 Å². The molecule has 3 fully saturated rings. The summed E-state index contributed by atoms with van der Waals surface area (Å²) >= 11 is 0. The molecule has 3 rings (SSSR count). The molecule has 6 atom stereocenters. The standard InChI is InChI=1S/C15H28N2/c1-10-5-6-17(11(2)7-10)9-14-12-3-4-13(8-12)15(14)16/h10-15H,3-9,16H2,1-2H3. The van der Waals surface area contributed by atoms with Gasteiger partial charge in [0.05, 0.1) is 0 Å². The van der Waals surface area contributed by atoms with Crippen molar-refractivity contribution >= 4 is 0 Å². The zero-order chi connectivity index (χ0) is 12.0. The van der Waals surface area contributed by atoms with E-state index >= 15 is 0 Å². The molecule has 1 saturated heterocycles. The third-order valence-electron chi connectivity index (χ3n) is 5.88. The fourth-order valence-corrected chi connectivity index (χ4v) is 4.72. The number of fused-ring (bicyclic) bond motifs is 2. The average Bonchev–Trinajstić information content (AvgIpc) is 2.85. The van der Waals surface area contributed by atoms with Crippen LogP contribution in [0, 0.1) is 23.7 Å². The minimum Gasteiger partial charge on any atom is -0.327 e. The molecule has 1 heterocycles. The minimum absolute atomic E-state index is 0.514. The summed E-state index contributed by atoms with van der Waals surface area (Å²) in [7, 11) is 0. The molecule has 2 bridgehead atoms. The van der Waals surface area contributed by atoms with Crippen LogP contribution < -0.4 is 5.73 Å². The lowest BCUT2D eigenvalue weighted by atomic mass is 9.83. The first-order valence-corrected chi connectivity index (χ1v) is 7.64. The molecule has 6 unspecified atom stereocenters. The van der Waals surface area contributed by atoms with E-state index in [1.165, 1.54) is 45.2 Å². The molecule has 2 saturated carbocycles. The molecule has 2 nitrogen and oxygen atoms in total. The van der Waals surface area contributed by atoms with Crippen LogP contribution in [-0.2, 0) is 0 Å². The summed E-state index contributed by atoms with van der Waals surface area (Å²) in [5.41, 5.74) is 6.43. The number of rotatable bonds is 2. The molecule has 0 aromatic rings. The summed E-state index contributed by atoms with van der Waals surface area (Å²) < 4.78 is 0. The molecule has 98 valence electrons. The number of hydrogen-bond donors (Lipinski definition) is 1. The van der Waals surface area contributed by atoms with Crippen molar-refractivity contribution in [3.63, 3.8) is 0 Å². The molecule has 0 aromatic heterocycles. The molecule has 2 N–H and O–H groups in total. The Morgan fingerprint density at radius 3 is 2.47 bits per heavy atom. The molecule has 2 aliphatic carbocycles. The Hall–Kier alpha value is -0.0800. The molecule has 2 heteroatoms. The van der Waals surface area contributed by atoms with Crippen molar-refractivity contribution in [1.29, 1.82) is 0 Å². The quantitative estimate of drug-likeness (QED) is 0.798. The van der Waals surface area contributed by atoms with Crippen LogP contribution in [0.15, 0.2) is 0 Å². The Morgan fingerprint density at radius 2 is 1.82 bits per heavy atom. The number of nitrogens with two attached hydrogens (primary N) is 1. The molecular weight excluding hydrogens is 208 g/mol. The van der Waals surface area contributed by atoms with E-state index in [9.17, 15) is 0 Å².